The highest BCUT2D eigenvalue weighted by atomic mass is 16.5. The summed E-state index contributed by atoms with van der Waals surface area (Å²) in [5, 5.41) is 19.6. The number of unbranched alkanes of at least 4 members (excludes halogenated alkanes) is 2. The van der Waals surface area contributed by atoms with E-state index in [9.17, 15) is 15.0 Å². The highest BCUT2D eigenvalue weighted by molar-refractivity contribution is 5.70. The van der Waals surface area contributed by atoms with Crippen molar-refractivity contribution in [3.8, 4) is 5.75 Å². The second-order valence-corrected chi connectivity index (χ2v) is 5.74. The molecule has 0 aliphatic heterocycles. The smallest absolute Gasteiger partial charge is 0.306 e. The van der Waals surface area contributed by atoms with Crippen LogP contribution in [0.5, 0.6) is 5.75 Å². The van der Waals surface area contributed by atoms with Crippen LogP contribution < -0.4 is 4.74 Å². The average molecular weight is 308 g/mol. The highest BCUT2D eigenvalue weighted by Gasteiger charge is 2.18. The summed E-state index contributed by atoms with van der Waals surface area (Å²) in [4.78, 5) is 11.2. The molecule has 2 unspecified atom stereocenters. The quantitative estimate of drug-likeness (QED) is 0.642. The van der Waals surface area contributed by atoms with Gasteiger partial charge in [-0.2, -0.15) is 0 Å². The van der Waals surface area contributed by atoms with Gasteiger partial charge < -0.3 is 14.9 Å². The predicted molar refractivity (Wildman–Crippen MR) is 87.2 cm³/mol. The van der Waals surface area contributed by atoms with Gasteiger partial charge in [0.2, 0.25) is 0 Å². The van der Waals surface area contributed by atoms with E-state index in [0.717, 1.165) is 30.4 Å². The maximum Gasteiger partial charge on any atom is 0.306 e. The van der Waals surface area contributed by atoms with Crippen LogP contribution in [0.3, 0.4) is 0 Å². The molecule has 4 heteroatoms. The molecule has 0 bridgehead atoms. The SMILES string of the molecule is CCCCCC(O)c1cc(CC(CC)C(=O)O)ccc1OC. The number of aliphatic hydroxyl groups is 1. The van der Waals surface area contributed by atoms with Crippen molar-refractivity contribution in [2.45, 2.75) is 58.5 Å². The minimum Gasteiger partial charge on any atom is -0.496 e. The maximum atomic E-state index is 11.2. The molecule has 1 rings (SSSR count). The van der Waals surface area contributed by atoms with Crippen molar-refractivity contribution >= 4 is 5.97 Å². The summed E-state index contributed by atoms with van der Waals surface area (Å²) in [6.45, 7) is 4.01. The number of aliphatic carboxylic acids is 1. The van der Waals surface area contributed by atoms with Crippen molar-refractivity contribution in [1.82, 2.24) is 0 Å². The molecule has 0 aliphatic carbocycles. The van der Waals surface area contributed by atoms with Gasteiger partial charge in [0.1, 0.15) is 5.75 Å². The van der Waals surface area contributed by atoms with E-state index in [2.05, 4.69) is 6.92 Å². The highest BCUT2D eigenvalue weighted by Crippen LogP contribution is 2.30. The Morgan fingerprint density at radius 1 is 1.27 bits per heavy atom. The number of benzene rings is 1. The Hall–Kier alpha value is -1.55. The molecule has 0 aliphatic rings. The van der Waals surface area contributed by atoms with Crippen LogP contribution in [-0.2, 0) is 11.2 Å². The molecule has 2 N–H and O–H groups in total. The molecule has 0 radical (unpaired) electrons. The fraction of sp³-hybridized carbons (Fsp3) is 0.611. The fourth-order valence-corrected chi connectivity index (χ4v) is 2.61. The first-order valence-electron chi connectivity index (χ1n) is 8.11. The predicted octanol–water partition coefficient (Wildman–Crippen LogP) is 3.96. The minimum absolute atomic E-state index is 0.390. The number of carboxylic acids is 1. The molecular weight excluding hydrogens is 280 g/mol. The van der Waals surface area contributed by atoms with Gasteiger partial charge in [0.05, 0.1) is 19.1 Å². The topological polar surface area (TPSA) is 66.8 Å². The fourth-order valence-electron chi connectivity index (χ4n) is 2.61. The lowest BCUT2D eigenvalue weighted by Crippen LogP contribution is -2.15. The number of ether oxygens (including phenoxy) is 1. The Morgan fingerprint density at radius 2 is 2.00 bits per heavy atom. The molecular formula is C18H28O4. The summed E-state index contributed by atoms with van der Waals surface area (Å²) in [6.07, 6.45) is 4.38. The molecule has 2 atom stereocenters. The molecule has 1 aromatic rings. The van der Waals surface area contributed by atoms with Crippen molar-refractivity contribution in [3.05, 3.63) is 29.3 Å². The van der Waals surface area contributed by atoms with Crippen LogP contribution in [0.25, 0.3) is 0 Å². The first kappa shape index (κ1) is 18.5. The lowest BCUT2D eigenvalue weighted by Gasteiger charge is -2.17. The van der Waals surface area contributed by atoms with Gasteiger partial charge >= 0.3 is 5.97 Å². The molecule has 0 amide bonds. The van der Waals surface area contributed by atoms with E-state index in [1.165, 1.54) is 0 Å². The summed E-state index contributed by atoms with van der Waals surface area (Å²) in [7, 11) is 1.59. The van der Waals surface area contributed by atoms with Crippen LogP contribution in [-0.4, -0.2) is 23.3 Å². The van der Waals surface area contributed by atoms with Gasteiger partial charge in [-0.1, -0.05) is 39.2 Å². The molecule has 0 fully saturated rings. The number of methoxy groups -OCH3 is 1. The Kier molecular flexibility index (Phi) is 7.96. The van der Waals surface area contributed by atoms with E-state index in [4.69, 9.17) is 4.74 Å². The molecule has 124 valence electrons. The van der Waals surface area contributed by atoms with Crippen LogP contribution >= 0.6 is 0 Å². The Labute approximate surface area is 133 Å². The van der Waals surface area contributed by atoms with Gasteiger partial charge in [0.25, 0.3) is 0 Å². The molecule has 0 spiro atoms. The summed E-state index contributed by atoms with van der Waals surface area (Å²) in [5.41, 5.74) is 1.69. The molecule has 0 aromatic heterocycles. The van der Waals surface area contributed by atoms with Crippen LogP contribution in [0.2, 0.25) is 0 Å². The molecule has 0 saturated carbocycles. The van der Waals surface area contributed by atoms with Gasteiger partial charge in [0.15, 0.2) is 0 Å². The number of aliphatic hydroxyl groups excluding tert-OH is 1. The van der Waals surface area contributed by atoms with Gasteiger partial charge in [-0.15, -0.1) is 0 Å². The second kappa shape index (κ2) is 9.46. The Balaban J connectivity index is 2.90. The van der Waals surface area contributed by atoms with Crippen molar-refractivity contribution in [1.29, 1.82) is 0 Å². The molecule has 1 aromatic carbocycles. The van der Waals surface area contributed by atoms with E-state index < -0.39 is 18.0 Å². The maximum absolute atomic E-state index is 11.2. The van der Waals surface area contributed by atoms with Crippen LogP contribution in [0.4, 0.5) is 0 Å². The largest absolute Gasteiger partial charge is 0.496 e. The van der Waals surface area contributed by atoms with Gasteiger partial charge in [0, 0.05) is 5.56 Å². The lowest BCUT2D eigenvalue weighted by molar-refractivity contribution is -0.141. The van der Waals surface area contributed by atoms with Crippen LogP contribution in [0.15, 0.2) is 18.2 Å². The standard InChI is InChI=1S/C18H28O4/c1-4-6-7-8-16(19)15-12-13(9-10-17(15)22-3)11-14(5-2)18(20)21/h9-10,12,14,16,19H,4-8,11H2,1-3H3,(H,20,21). The Bertz CT molecular complexity index is 470. The number of rotatable bonds is 10. The van der Waals surface area contributed by atoms with E-state index in [0.29, 0.717) is 25.0 Å². The minimum atomic E-state index is -0.775. The van der Waals surface area contributed by atoms with Crippen LogP contribution in [0.1, 0.15) is 63.2 Å². The average Bonchev–Trinajstić information content (AvgIpc) is 2.52. The Morgan fingerprint density at radius 3 is 2.55 bits per heavy atom. The van der Waals surface area contributed by atoms with Crippen LogP contribution in [0, 0.1) is 5.92 Å². The molecule has 0 saturated heterocycles. The first-order chi connectivity index (χ1) is 10.5. The lowest BCUT2D eigenvalue weighted by atomic mass is 9.93. The third-order valence-corrected chi connectivity index (χ3v) is 4.06. The van der Waals surface area contributed by atoms with E-state index in [1.54, 1.807) is 7.11 Å². The van der Waals surface area contributed by atoms with E-state index in [1.807, 2.05) is 25.1 Å². The molecule has 22 heavy (non-hydrogen) atoms. The number of carbonyl (C=O) groups is 1. The van der Waals surface area contributed by atoms with Crippen molar-refractivity contribution in [2.75, 3.05) is 7.11 Å². The summed E-state index contributed by atoms with van der Waals surface area (Å²) in [6, 6.07) is 5.59. The summed E-state index contributed by atoms with van der Waals surface area (Å²) >= 11 is 0. The third-order valence-electron chi connectivity index (χ3n) is 4.06. The number of carboxylic acid groups (broad SMARTS) is 1. The first-order valence-corrected chi connectivity index (χ1v) is 8.11. The summed E-state index contributed by atoms with van der Waals surface area (Å²) in [5.74, 6) is -0.502. The zero-order valence-corrected chi connectivity index (χ0v) is 13.8. The zero-order chi connectivity index (χ0) is 16.5. The third kappa shape index (κ3) is 5.34. The van der Waals surface area contributed by atoms with Crippen molar-refractivity contribution in [2.24, 2.45) is 5.92 Å². The van der Waals surface area contributed by atoms with E-state index in [-0.39, 0.29) is 0 Å². The summed E-state index contributed by atoms with van der Waals surface area (Å²) < 4.78 is 5.33. The normalized spacial score (nSPS) is 13.6. The van der Waals surface area contributed by atoms with Crippen molar-refractivity contribution < 1.29 is 19.7 Å². The monoisotopic (exact) mass is 308 g/mol. The van der Waals surface area contributed by atoms with Gasteiger partial charge in [-0.3, -0.25) is 4.79 Å². The molecule has 4 nitrogen and oxygen atoms in total. The number of hydrogen-bond donors (Lipinski definition) is 2. The molecule has 0 heterocycles. The number of hydrogen-bond acceptors (Lipinski definition) is 3. The van der Waals surface area contributed by atoms with Gasteiger partial charge in [-0.05, 0) is 37.0 Å². The van der Waals surface area contributed by atoms with E-state index >= 15 is 0 Å². The zero-order valence-electron chi connectivity index (χ0n) is 13.8. The van der Waals surface area contributed by atoms with Crippen molar-refractivity contribution in [3.63, 3.8) is 0 Å². The second-order valence-electron chi connectivity index (χ2n) is 5.74. The van der Waals surface area contributed by atoms with Gasteiger partial charge in [-0.25, -0.2) is 0 Å².